The van der Waals surface area contributed by atoms with E-state index in [1.54, 1.807) is 6.92 Å². The van der Waals surface area contributed by atoms with Crippen molar-refractivity contribution >= 4 is 39.5 Å². The van der Waals surface area contributed by atoms with Gasteiger partial charge in [-0.2, -0.15) is 0 Å². The third-order valence-corrected chi connectivity index (χ3v) is 3.11. The van der Waals surface area contributed by atoms with Crippen LogP contribution in [-0.2, 0) is 4.79 Å². The van der Waals surface area contributed by atoms with E-state index in [0.717, 1.165) is 0 Å². The van der Waals surface area contributed by atoms with E-state index in [2.05, 4.69) is 31.9 Å². The van der Waals surface area contributed by atoms with Crippen LogP contribution < -0.4 is 16.0 Å². The number of likely N-dealkylation sites (N-methyl/N-ethyl adjacent to an activating group) is 1. The molecule has 0 aliphatic rings. The second-order valence-electron chi connectivity index (χ2n) is 3.93. The number of amides is 3. The molecule has 7 nitrogen and oxygen atoms in total. The Morgan fingerprint density at radius 1 is 1.30 bits per heavy atom. The largest absolute Gasteiger partial charge is 0.478 e. The van der Waals surface area contributed by atoms with Gasteiger partial charge in [-0.25, -0.2) is 9.59 Å². The van der Waals surface area contributed by atoms with E-state index in [4.69, 9.17) is 5.11 Å². The molecule has 0 aromatic heterocycles. The van der Waals surface area contributed by atoms with E-state index in [1.807, 2.05) is 0 Å². The van der Waals surface area contributed by atoms with Gasteiger partial charge >= 0.3 is 12.0 Å². The highest BCUT2D eigenvalue weighted by Crippen LogP contribution is 2.23. The van der Waals surface area contributed by atoms with Crippen molar-refractivity contribution in [2.24, 2.45) is 0 Å². The Morgan fingerprint density at radius 3 is 2.45 bits per heavy atom. The third-order valence-electron chi connectivity index (χ3n) is 2.45. The summed E-state index contributed by atoms with van der Waals surface area (Å²) in [6, 6.07) is 2.95. The van der Waals surface area contributed by atoms with Crippen LogP contribution in [0.4, 0.5) is 10.5 Å². The number of nitrogens with one attached hydrogen (secondary N) is 3. The van der Waals surface area contributed by atoms with Crippen LogP contribution in [0, 0.1) is 0 Å². The molecule has 1 atom stereocenters. The third kappa shape index (κ3) is 4.23. The minimum atomic E-state index is -1.06. The number of carboxylic acids is 1. The van der Waals surface area contributed by atoms with Crippen LogP contribution in [0.5, 0.6) is 0 Å². The summed E-state index contributed by atoms with van der Waals surface area (Å²) in [4.78, 5) is 33.7. The summed E-state index contributed by atoms with van der Waals surface area (Å²) in [7, 11) is 1.47. The highest BCUT2D eigenvalue weighted by atomic mass is 79.9. The first kappa shape index (κ1) is 16.0. The topological polar surface area (TPSA) is 108 Å². The number of rotatable bonds is 4. The summed E-state index contributed by atoms with van der Waals surface area (Å²) in [5.41, 5.74) is 0.498. The van der Waals surface area contributed by atoms with Gasteiger partial charge in [0.05, 0.1) is 11.3 Å². The van der Waals surface area contributed by atoms with Crippen molar-refractivity contribution in [2.45, 2.75) is 13.0 Å². The number of carbonyl (C=O) groups excluding carboxylic acids is 2. The quantitative estimate of drug-likeness (QED) is 0.662. The van der Waals surface area contributed by atoms with Gasteiger partial charge in [0.15, 0.2) is 0 Å². The van der Waals surface area contributed by atoms with Crippen LogP contribution in [-0.4, -0.2) is 36.1 Å². The second-order valence-corrected chi connectivity index (χ2v) is 4.79. The number of hydrogen-bond acceptors (Lipinski definition) is 3. The monoisotopic (exact) mass is 343 g/mol. The highest BCUT2D eigenvalue weighted by Gasteiger charge is 2.15. The molecule has 0 fully saturated rings. The van der Waals surface area contributed by atoms with Crippen molar-refractivity contribution in [3.63, 3.8) is 0 Å². The molecule has 1 rings (SSSR count). The average molecular weight is 344 g/mol. The summed E-state index contributed by atoms with van der Waals surface area (Å²) >= 11 is 3.17. The number of aromatic carboxylic acids is 1. The van der Waals surface area contributed by atoms with E-state index in [-0.39, 0.29) is 11.5 Å². The smallest absolute Gasteiger partial charge is 0.335 e. The Labute approximate surface area is 123 Å². The van der Waals surface area contributed by atoms with Crippen molar-refractivity contribution in [3.8, 4) is 0 Å². The van der Waals surface area contributed by atoms with Crippen LogP contribution >= 0.6 is 15.9 Å². The molecule has 0 spiro atoms. The lowest BCUT2D eigenvalue weighted by atomic mass is 10.2. The molecule has 108 valence electrons. The Bertz CT molecular complexity index is 548. The van der Waals surface area contributed by atoms with E-state index in [9.17, 15) is 14.4 Å². The molecule has 0 saturated carbocycles. The first-order valence-electron chi connectivity index (χ1n) is 5.67. The van der Waals surface area contributed by atoms with Gasteiger partial charge in [0.1, 0.15) is 6.04 Å². The highest BCUT2D eigenvalue weighted by molar-refractivity contribution is 9.10. The summed E-state index contributed by atoms with van der Waals surface area (Å²) in [6.07, 6.45) is 0. The Hall–Kier alpha value is -2.09. The lowest BCUT2D eigenvalue weighted by molar-refractivity contribution is -0.122. The van der Waals surface area contributed by atoms with Gasteiger partial charge < -0.3 is 21.1 Å². The number of carboxylic acid groups (broad SMARTS) is 1. The fourth-order valence-electron chi connectivity index (χ4n) is 1.39. The maximum absolute atomic E-state index is 11.7. The standard InChI is InChI=1S/C12H14BrN3O4/c1-6(10(17)14-2)15-12(20)16-9-4-3-7(11(18)19)5-8(9)13/h3-6H,1-2H3,(H,14,17)(H,18,19)(H2,15,16,20). The number of hydrogen-bond donors (Lipinski definition) is 4. The summed E-state index contributed by atoms with van der Waals surface area (Å²) in [6.45, 7) is 1.54. The van der Waals surface area contributed by atoms with Crippen LogP contribution in [0.3, 0.4) is 0 Å². The van der Waals surface area contributed by atoms with E-state index >= 15 is 0 Å². The lowest BCUT2D eigenvalue weighted by Crippen LogP contribution is -2.45. The molecule has 1 aromatic rings. The molecule has 1 unspecified atom stereocenters. The molecule has 0 aliphatic heterocycles. The molecule has 20 heavy (non-hydrogen) atoms. The van der Waals surface area contributed by atoms with E-state index in [1.165, 1.54) is 25.2 Å². The van der Waals surface area contributed by atoms with Gasteiger partial charge in [-0.3, -0.25) is 4.79 Å². The van der Waals surface area contributed by atoms with Crippen molar-refractivity contribution < 1.29 is 19.5 Å². The Balaban J connectivity index is 2.71. The van der Waals surface area contributed by atoms with Gasteiger partial charge in [-0.05, 0) is 41.1 Å². The summed E-state index contributed by atoms with van der Waals surface area (Å²) in [5, 5.41) is 16.2. The predicted octanol–water partition coefficient (Wildman–Crippen LogP) is 1.40. The zero-order valence-corrected chi connectivity index (χ0v) is 12.4. The fourth-order valence-corrected chi connectivity index (χ4v) is 1.86. The minimum Gasteiger partial charge on any atom is -0.478 e. The molecule has 0 bridgehead atoms. The zero-order chi connectivity index (χ0) is 15.3. The first-order chi connectivity index (χ1) is 9.35. The average Bonchev–Trinajstić information content (AvgIpc) is 2.39. The molecule has 1 aromatic carbocycles. The summed E-state index contributed by atoms with van der Waals surface area (Å²) < 4.78 is 0.431. The lowest BCUT2D eigenvalue weighted by Gasteiger charge is -2.14. The van der Waals surface area contributed by atoms with Crippen molar-refractivity contribution in [3.05, 3.63) is 28.2 Å². The van der Waals surface area contributed by atoms with Gasteiger partial charge in [-0.15, -0.1) is 0 Å². The van der Waals surface area contributed by atoms with Crippen LogP contribution in [0.1, 0.15) is 17.3 Å². The number of urea groups is 1. The molecule has 0 heterocycles. The molecule has 0 saturated heterocycles. The number of halogens is 1. The first-order valence-corrected chi connectivity index (χ1v) is 6.46. The number of carbonyl (C=O) groups is 3. The minimum absolute atomic E-state index is 0.0987. The van der Waals surface area contributed by atoms with Crippen LogP contribution in [0.25, 0.3) is 0 Å². The van der Waals surface area contributed by atoms with Gasteiger partial charge in [-0.1, -0.05) is 0 Å². The fraction of sp³-hybridized carbons (Fsp3) is 0.250. The van der Waals surface area contributed by atoms with Crippen molar-refractivity contribution in [1.82, 2.24) is 10.6 Å². The second kappa shape index (κ2) is 6.90. The SMILES string of the molecule is CNC(=O)C(C)NC(=O)Nc1ccc(C(=O)O)cc1Br. The maximum atomic E-state index is 11.7. The predicted molar refractivity (Wildman–Crippen MR) is 76.8 cm³/mol. The van der Waals surface area contributed by atoms with E-state index in [0.29, 0.717) is 10.2 Å². The summed E-state index contributed by atoms with van der Waals surface area (Å²) in [5.74, 6) is -1.38. The molecular weight excluding hydrogens is 330 g/mol. The van der Waals surface area contributed by atoms with Crippen LogP contribution in [0.2, 0.25) is 0 Å². The van der Waals surface area contributed by atoms with E-state index < -0.39 is 18.0 Å². The molecule has 3 amide bonds. The maximum Gasteiger partial charge on any atom is 0.335 e. The van der Waals surface area contributed by atoms with Gasteiger partial charge in [0.2, 0.25) is 5.91 Å². The molecule has 4 N–H and O–H groups in total. The number of benzene rings is 1. The number of anilines is 1. The van der Waals surface area contributed by atoms with Gasteiger partial charge in [0, 0.05) is 11.5 Å². The van der Waals surface area contributed by atoms with Crippen molar-refractivity contribution in [2.75, 3.05) is 12.4 Å². The molecule has 8 heteroatoms. The van der Waals surface area contributed by atoms with Crippen LogP contribution in [0.15, 0.2) is 22.7 Å². The zero-order valence-electron chi connectivity index (χ0n) is 10.9. The van der Waals surface area contributed by atoms with Gasteiger partial charge in [0.25, 0.3) is 0 Å². The molecule has 0 radical (unpaired) electrons. The molecular formula is C12H14BrN3O4. The normalized spacial score (nSPS) is 11.3. The Morgan fingerprint density at radius 2 is 1.95 bits per heavy atom. The van der Waals surface area contributed by atoms with Crippen molar-refractivity contribution in [1.29, 1.82) is 0 Å². The molecule has 0 aliphatic carbocycles. The Kier molecular flexibility index (Phi) is 5.51.